The number of nitrogens with zero attached hydrogens (tertiary/aromatic N) is 1. The number of hydrogen-bond acceptors (Lipinski definition) is 2. The molecule has 0 saturated carbocycles. The van der Waals surface area contributed by atoms with Crippen LogP contribution in [0, 0.1) is 0 Å². The molecule has 0 aromatic heterocycles. The largest absolute Gasteiger partial charge is 0.317 e. The van der Waals surface area contributed by atoms with E-state index in [4.69, 9.17) is 0 Å². The Morgan fingerprint density at radius 2 is 1.64 bits per heavy atom. The van der Waals surface area contributed by atoms with Gasteiger partial charge in [-0.25, -0.2) is 0 Å². The van der Waals surface area contributed by atoms with E-state index in [1.54, 1.807) is 0 Å². The molecule has 14 heavy (non-hydrogen) atoms. The number of nitrogens with one attached hydrogen (secondary N) is 1. The van der Waals surface area contributed by atoms with E-state index in [-0.39, 0.29) is 0 Å². The molecule has 0 atom stereocenters. The third-order valence-electron chi connectivity index (χ3n) is 3.20. The summed E-state index contributed by atoms with van der Waals surface area (Å²) in [5, 5.41) is 3.43. The highest BCUT2D eigenvalue weighted by Gasteiger charge is 2.32. The summed E-state index contributed by atoms with van der Waals surface area (Å²) >= 11 is 0. The van der Waals surface area contributed by atoms with Crippen LogP contribution in [-0.2, 0) is 0 Å². The summed E-state index contributed by atoms with van der Waals surface area (Å²) in [5.41, 5.74) is 0.500. The minimum absolute atomic E-state index is 0.500. The molecular formula is C12H28N2. The van der Waals surface area contributed by atoms with Gasteiger partial charge in [-0.05, 0) is 46.4 Å². The second-order valence-corrected chi connectivity index (χ2v) is 4.12. The van der Waals surface area contributed by atoms with Crippen LogP contribution in [0.5, 0.6) is 0 Å². The monoisotopic (exact) mass is 200 g/mol. The molecule has 1 aliphatic heterocycles. The number of rotatable bonds is 3. The van der Waals surface area contributed by atoms with Gasteiger partial charge in [0, 0.05) is 5.54 Å². The standard InChI is InChI=1S/C10H22N2.C2H6/c1-4-5-10(12(2)3)6-8-11-9-7-10;1-2/h11H,4-9H2,1-3H3;1-2H3. The normalized spacial score (nSPS) is 20.1. The molecule has 86 valence electrons. The predicted octanol–water partition coefficient (Wildman–Crippen LogP) is 2.50. The summed E-state index contributed by atoms with van der Waals surface area (Å²) in [6.45, 7) is 8.67. The van der Waals surface area contributed by atoms with Crippen molar-refractivity contribution in [3.63, 3.8) is 0 Å². The Labute approximate surface area is 90.1 Å². The molecule has 0 spiro atoms. The number of hydrogen-bond donors (Lipinski definition) is 1. The van der Waals surface area contributed by atoms with Gasteiger partial charge in [0.15, 0.2) is 0 Å². The Bertz CT molecular complexity index is 121. The van der Waals surface area contributed by atoms with Crippen LogP contribution in [-0.4, -0.2) is 37.6 Å². The lowest BCUT2D eigenvalue weighted by Crippen LogP contribution is -2.51. The molecule has 0 aromatic carbocycles. The fourth-order valence-corrected chi connectivity index (χ4v) is 2.28. The van der Waals surface area contributed by atoms with Crippen molar-refractivity contribution in [1.29, 1.82) is 0 Å². The average Bonchev–Trinajstić information content (AvgIpc) is 2.22. The highest BCUT2D eigenvalue weighted by Crippen LogP contribution is 2.28. The van der Waals surface area contributed by atoms with Gasteiger partial charge < -0.3 is 10.2 Å². The lowest BCUT2D eigenvalue weighted by atomic mass is 9.83. The summed E-state index contributed by atoms with van der Waals surface area (Å²) in [5.74, 6) is 0. The molecule has 1 fully saturated rings. The van der Waals surface area contributed by atoms with Gasteiger partial charge in [0.1, 0.15) is 0 Å². The van der Waals surface area contributed by atoms with Crippen LogP contribution >= 0.6 is 0 Å². The first-order valence-corrected chi connectivity index (χ1v) is 6.09. The van der Waals surface area contributed by atoms with Gasteiger partial charge in [0.25, 0.3) is 0 Å². The van der Waals surface area contributed by atoms with Crippen molar-refractivity contribution >= 4 is 0 Å². The fraction of sp³-hybridized carbons (Fsp3) is 1.00. The molecule has 2 nitrogen and oxygen atoms in total. The van der Waals surface area contributed by atoms with Crippen molar-refractivity contribution in [2.75, 3.05) is 27.2 Å². The molecule has 1 aliphatic rings. The maximum absolute atomic E-state index is 3.43. The zero-order chi connectivity index (χ0) is 11.0. The van der Waals surface area contributed by atoms with E-state index in [0.717, 1.165) is 0 Å². The summed E-state index contributed by atoms with van der Waals surface area (Å²) in [7, 11) is 4.45. The second-order valence-electron chi connectivity index (χ2n) is 4.12. The first kappa shape index (κ1) is 13.9. The van der Waals surface area contributed by atoms with Crippen LogP contribution in [0.25, 0.3) is 0 Å². The number of piperidine rings is 1. The van der Waals surface area contributed by atoms with Crippen LogP contribution in [0.2, 0.25) is 0 Å². The zero-order valence-corrected chi connectivity index (χ0v) is 10.7. The Hall–Kier alpha value is -0.0800. The van der Waals surface area contributed by atoms with E-state index in [0.29, 0.717) is 5.54 Å². The Balaban J connectivity index is 0.000000791. The van der Waals surface area contributed by atoms with Crippen molar-refractivity contribution < 1.29 is 0 Å². The lowest BCUT2D eigenvalue weighted by molar-refractivity contribution is 0.0972. The molecule has 0 amide bonds. The Kier molecular flexibility index (Phi) is 7.20. The highest BCUT2D eigenvalue weighted by molar-refractivity contribution is 4.91. The molecule has 0 bridgehead atoms. The van der Waals surface area contributed by atoms with Crippen molar-refractivity contribution in [3.8, 4) is 0 Å². The Morgan fingerprint density at radius 3 is 2.00 bits per heavy atom. The van der Waals surface area contributed by atoms with Gasteiger partial charge in [-0.2, -0.15) is 0 Å². The predicted molar refractivity (Wildman–Crippen MR) is 64.8 cm³/mol. The van der Waals surface area contributed by atoms with Gasteiger partial charge in [0.05, 0.1) is 0 Å². The lowest BCUT2D eigenvalue weighted by Gasteiger charge is -2.43. The molecule has 0 aliphatic carbocycles. The third kappa shape index (κ3) is 3.58. The average molecular weight is 200 g/mol. The molecule has 2 heteroatoms. The van der Waals surface area contributed by atoms with E-state index in [1.807, 2.05) is 13.8 Å². The van der Waals surface area contributed by atoms with Gasteiger partial charge in [0.2, 0.25) is 0 Å². The van der Waals surface area contributed by atoms with Crippen molar-refractivity contribution in [1.82, 2.24) is 10.2 Å². The molecule has 0 aromatic rings. The minimum atomic E-state index is 0.500. The molecule has 1 N–H and O–H groups in total. The molecular weight excluding hydrogens is 172 g/mol. The van der Waals surface area contributed by atoms with E-state index >= 15 is 0 Å². The fourth-order valence-electron chi connectivity index (χ4n) is 2.28. The van der Waals surface area contributed by atoms with Gasteiger partial charge in [-0.15, -0.1) is 0 Å². The quantitative estimate of drug-likeness (QED) is 0.753. The Morgan fingerprint density at radius 1 is 1.14 bits per heavy atom. The van der Waals surface area contributed by atoms with E-state index in [9.17, 15) is 0 Å². The molecule has 1 rings (SSSR count). The summed E-state index contributed by atoms with van der Waals surface area (Å²) in [6.07, 6.45) is 5.28. The van der Waals surface area contributed by atoms with Gasteiger partial charge in [-0.3, -0.25) is 0 Å². The highest BCUT2D eigenvalue weighted by atomic mass is 15.2. The SMILES string of the molecule is CC.CCCC1(N(C)C)CCNCC1. The molecule has 0 radical (unpaired) electrons. The first-order chi connectivity index (χ1) is 6.71. The summed E-state index contributed by atoms with van der Waals surface area (Å²) < 4.78 is 0. The third-order valence-corrected chi connectivity index (χ3v) is 3.20. The molecule has 1 heterocycles. The van der Waals surface area contributed by atoms with Crippen LogP contribution in [0.15, 0.2) is 0 Å². The first-order valence-electron chi connectivity index (χ1n) is 6.09. The van der Waals surface area contributed by atoms with Crippen LogP contribution in [0.1, 0.15) is 46.5 Å². The van der Waals surface area contributed by atoms with Crippen molar-refractivity contribution in [2.24, 2.45) is 0 Å². The maximum atomic E-state index is 3.43. The van der Waals surface area contributed by atoms with Crippen molar-refractivity contribution in [3.05, 3.63) is 0 Å². The second kappa shape index (κ2) is 7.24. The van der Waals surface area contributed by atoms with E-state index in [1.165, 1.54) is 38.8 Å². The van der Waals surface area contributed by atoms with Gasteiger partial charge in [-0.1, -0.05) is 27.2 Å². The van der Waals surface area contributed by atoms with Crippen LogP contribution in [0.3, 0.4) is 0 Å². The maximum Gasteiger partial charge on any atom is 0.0227 e. The van der Waals surface area contributed by atoms with E-state index in [2.05, 4.69) is 31.2 Å². The van der Waals surface area contributed by atoms with Crippen molar-refractivity contribution in [2.45, 2.75) is 52.0 Å². The smallest absolute Gasteiger partial charge is 0.0227 e. The molecule has 0 unspecified atom stereocenters. The molecule has 1 saturated heterocycles. The van der Waals surface area contributed by atoms with Crippen LogP contribution < -0.4 is 5.32 Å². The summed E-state index contributed by atoms with van der Waals surface area (Å²) in [6, 6.07) is 0. The zero-order valence-electron chi connectivity index (χ0n) is 10.7. The minimum Gasteiger partial charge on any atom is -0.317 e. The summed E-state index contributed by atoms with van der Waals surface area (Å²) in [4.78, 5) is 2.43. The van der Waals surface area contributed by atoms with Gasteiger partial charge >= 0.3 is 0 Å². The topological polar surface area (TPSA) is 15.3 Å². The van der Waals surface area contributed by atoms with E-state index < -0.39 is 0 Å². The van der Waals surface area contributed by atoms with Crippen LogP contribution in [0.4, 0.5) is 0 Å².